The van der Waals surface area contributed by atoms with E-state index in [1.54, 1.807) is 24.5 Å². The fraction of sp³-hybridized carbons (Fsp3) is 0.391. The number of carbonyl (C=O) groups is 1. The Morgan fingerprint density at radius 2 is 1.88 bits per heavy atom. The second-order valence-corrected chi connectivity index (χ2v) is 7.85. The summed E-state index contributed by atoms with van der Waals surface area (Å²) in [4.78, 5) is 21.1. The summed E-state index contributed by atoms with van der Waals surface area (Å²) in [6.07, 6.45) is 0.837. The minimum Gasteiger partial charge on any atom is -0.361 e. The van der Waals surface area contributed by atoms with E-state index in [1.807, 2.05) is 25.2 Å². The van der Waals surface area contributed by atoms with Gasteiger partial charge in [-0.15, -0.1) is 0 Å². The Balaban J connectivity index is 0.000000186. The molecule has 1 aliphatic rings. The van der Waals surface area contributed by atoms with Crippen molar-refractivity contribution in [2.75, 3.05) is 13.6 Å². The highest BCUT2D eigenvalue weighted by molar-refractivity contribution is 5.85. The number of alkyl halides is 3. The SMILES string of the molecule is C[C@@H]1CCC(c2cc(CC(F)(F)F)no2)CN1C.O=Cc1ccccc1-c1ncccn1. The van der Waals surface area contributed by atoms with E-state index in [9.17, 15) is 18.0 Å². The molecule has 1 fully saturated rings. The van der Waals surface area contributed by atoms with Crippen LogP contribution in [0.25, 0.3) is 11.4 Å². The van der Waals surface area contributed by atoms with Gasteiger partial charge in [0, 0.05) is 48.1 Å². The normalized spacial score (nSPS) is 19.2. The van der Waals surface area contributed by atoms with Gasteiger partial charge in [0.05, 0.1) is 12.1 Å². The molecule has 0 radical (unpaired) electrons. The fourth-order valence-electron chi connectivity index (χ4n) is 3.56. The minimum absolute atomic E-state index is 0.0289. The monoisotopic (exact) mass is 446 g/mol. The molecule has 0 bridgehead atoms. The van der Waals surface area contributed by atoms with Crippen LogP contribution in [0.3, 0.4) is 0 Å². The first kappa shape index (κ1) is 23.6. The van der Waals surface area contributed by atoms with Gasteiger partial charge in [-0.3, -0.25) is 4.79 Å². The molecule has 2 aromatic heterocycles. The number of benzene rings is 1. The Kier molecular flexibility index (Phi) is 7.74. The van der Waals surface area contributed by atoms with Crippen molar-refractivity contribution in [2.24, 2.45) is 0 Å². The second kappa shape index (κ2) is 10.5. The first-order valence-electron chi connectivity index (χ1n) is 10.3. The van der Waals surface area contributed by atoms with Crippen molar-refractivity contribution in [1.29, 1.82) is 0 Å². The number of piperidine rings is 1. The van der Waals surface area contributed by atoms with Crippen LogP contribution >= 0.6 is 0 Å². The maximum absolute atomic E-state index is 12.2. The van der Waals surface area contributed by atoms with Crippen LogP contribution in [-0.4, -0.2) is 52.1 Å². The van der Waals surface area contributed by atoms with Crippen LogP contribution < -0.4 is 0 Å². The van der Waals surface area contributed by atoms with Crippen molar-refractivity contribution in [1.82, 2.24) is 20.0 Å². The Labute approximate surface area is 184 Å². The summed E-state index contributed by atoms with van der Waals surface area (Å²) < 4.78 is 41.7. The molecule has 0 saturated carbocycles. The van der Waals surface area contributed by atoms with Gasteiger partial charge in [-0.2, -0.15) is 13.2 Å². The number of likely N-dealkylation sites (N-methyl/N-ethyl adjacent to an activating group) is 1. The molecule has 1 saturated heterocycles. The molecule has 0 aliphatic carbocycles. The van der Waals surface area contributed by atoms with Crippen molar-refractivity contribution in [3.8, 4) is 11.4 Å². The number of nitrogens with zero attached hydrogens (tertiary/aromatic N) is 4. The van der Waals surface area contributed by atoms with E-state index in [-0.39, 0.29) is 11.6 Å². The van der Waals surface area contributed by atoms with E-state index >= 15 is 0 Å². The molecule has 170 valence electrons. The third-order valence-corrected chi connectivity index (χ3v) is 5.45. The van der Waals surface area contributed by atoms with Gasteiger partial charge in [-0.05, 0) is 32.9 Å². The number of rotatable bonds is 4. The molecule has 2 atom stereocenters. The Hall–Kier alpha value is -3.07. The summed E-state index contributed by atoms with van der Waals surface area (Å²) in [5.41, 5.74) is 1.35. The number of aromatic nitrogens is 3. The van der Waals surface area contributed by atoms with Gasteiger partial charge in [0.2, 0.25) is 0 Å². The summed E-state index contributed by atoms with van der Waals surface area (Å²) in [7, 11) is 2.02. The summed E-state index contributed by atoms with van der Waals surface area (Å²) in [6.45, 7) is 2.95. The number of halogens is 3. The number of aldehydes is 1. The number of hydrogen-bond acceptors (Lipinski definition) is 6. The molecule has 6 nitrogen and oxygen atoms in total. The van der Waals surface area contributed by atoms with E-state index in [0.717, 1.165) is 31.2 Å². The predicted octanol–water partition coefficient (Wildman–Crippen LogP) is 4.93. The van der Waals surface area contributed by atoms with Gasteiger partial charge in [0.1, 0.15) is 5.76 Å². The Morgan fingerprint density at radius 3 is 2.53 bits per heavy atom. The summed E-state index contributed by atoms with van der Waals surface area (Å²) in [5, 5.41) is 3.51. The quantitative estimate of drug-likeness (QED) is 0.529. The summed E-state index contributed by atoms with van der Waals surface area (Å²) >= 11 is 0. The van der Waals surface area contributed by atoms with E-state index in [1.165, 1.54) is 6.07 Å². The van der Waals surface area contributed by atoms with Crippen molar-refractivity contribution < 1.29 is 22.5 Å². The molecule has 1 unspecified atom stereocenters. The molecule has 3 heterocycles. The molecule has 1 aromatic carbocycles. The van der Waals surface area contributed by atoms with Crippen molar-refractivity contribution in [3.05, 3.63) is 65.8 Å². The van der Waals surface area contributed by atoms with E-state index < -0.39 is 12.6 Å². The fourth-order valence-corrected chi connectivity index (χ4v) is 3.56. The average molecular weight is 446 g/mol. The zero-order valence-corrected chi connectivity index (χ0v) is 17.9. The van der Waals surface area contributed by atoms with Crippen LogP contribution in [0.1, 0.15) is 47.5 Å². The molecule has 32 heavy (non-hydrogen) atoms. The third-order valence-electron chi connectivity index (χ3n) is 5.45. The van der Waals surface area contributed by atoms with Crippen LogP contribution in [-0.2, 0) is 6.42 Å². The lowest BCUT2D eigenvalue weighted by molar-refractivity contribution is -0.128. The molecule has 1 aliphatic heterocycles. The van der Waals surface area contributed by atoms with Crippen molar-refractivity contribution in [3.63, 3.8) is 0 Å². The lowest BCUT2D eigenvalue weighted by atomic mass is 9.92. The van der Waals surface area contributed by atoms with Gasteiger partial charge < -0.3 is 9.42 Å². The van der Waals surface area contributed by atoms with Crippen molar-refractivity contribution >= 4 is 6.29 Å². The van der Waals surface area contributed by atoms with Crippen LogP contribution in [0.4, 0.5) is 13.2 Å². The minimum atomic E-state index is -4.23. The molecule has 0 spiro atoms. The summed E-state index contributed by atoms with van der Waals surface area (Å²) in [5.74, 6) is 1.31. The molecule has 0 N–H and O–H groups in total. The number of carbonyl (C=O) groups excluding carboxylic acids is 1. The van der Waals surface area contributed by atoms with E-state index in [4.69, 9.17) is 4.52 Å². The highest BCUT2D eigenvalue weighted by atomic mass is 19.4. The number of likely N-dealkylation sites (tertiary alicyclic amines) is 1. The third kappa shape index (κ3) is 6.46. The van der Waals surface area contributed by atoms with Gasteiger partial charge in [-0.1, -0.05) is 29.4 Å². The summed E-state index contributed by atoms with van der Waals surface area (Å²) in [6, 6.07) is 11.0. The zero-order chi connectivity index (χ0) is 23.1. The topological polar surface area (TPSA) is 72.1 Å². The van der Waals surface area contributed by atoms with Crippen molar-refractivity contribution in [2.45, 2.75) is 44.3 Å². The van der Waals surface area contributed by atoms with Crippen LogP contribution in [0.5, 0.6) is 0 Å². The highest BCUT2D eigenvalue weighted by Gasteiger charge is 2.31. The first-order chi connectivity index (χ1) is 15.3. The number of hydrogen-bond donors (Lipinski definition) is 0. The van der Waals surface area contributed by atoms with E-state index in [2.05, 4.69) is 26.9 Å². The van der Waals surface area contributed by atoms with Crippen LogP contribution in [0, 0.1) is 0 Å². The smallest absolute Gasteiger partial charge is 0.361 e. The molecule has 0 amide bonds. The zero-order valence-electron chi connectivity index (χ0n) is 17.9. The maximum Gasteiger partial charge on any atom is 0.394 e. The van der Waals surface area contributed by atoms with Gasteiger partial charge in [0.15, 0.2) is 12.1 Å². The van der Waals surface area contributed by atoms with Gasteiger partial charge >= 0.3 is 6.18 Å². The molecule has 9 heteroatoms. The predicted molar refractivity (Wildman–Crippen MR) is 113 cm³/mol. The molecular weight excluding hydrogens is 421 g/mol. The molecule has 3 aromatic rings. The largest absolute Gasteiger partial charge is 0.394 e. The lowest BCUT2D eigenvalue weighted by Crippen LogP contribution is -2.37. The Morgan fingerprint density at radius 1 is 1.16 bits per heavy atom. The second-order valence-electron chi connectivity index (χ2n) is 7.85. The lowest BCUT2D eigenvalue weighted by Gasteiger charge is -2.33. The average Bonchev–Trinajstić information content (AvgIpc) is 3.23. The van der Waals surface area contributed by atoms with E-state index in [0.29, 0.717) is 23.2 Å². The Bertz CT molecular complexity index is 1010. The van der Waals surface area contributed by atoms with Gasteiger partial charge in [0.25, 0.3) is 0 Å². The molecule has 4 rings (SSSR count). The maximum atomic E-state index is 12.2. The standard InChI is InChI=1S/C12H17F3N2O.C11H8N2O/c1-8-3-4-9(7-17(8)2)11-5-10(16-18-11)6-12(13,14)15;14-8-9-4-1-2-5-10(9)11-12-6-3-7-13-11/h5,8-9H,3-4,6-7H2,1-2H3;1-8H/t8-,9?;/m1./s1. The van der Waals surface area contributed by atoms with Gasteiger partial charge in [-0.25, -0.2) is 9.97 Å². The van der Waals surface area contributed by atoms with Crippen LogP contribution in [0.2, 0.25) is 0 Å². The highest BCUT2D eigenvalue weighted by Crippen LogP contribution is 2.30. The molecular formula is C23H25F3N4O2. The van der Waals surface area contributed by atoms with Crippen LogP contribution in [0.15, 0.2) is 53.3 Å². The first-order valence-corrected chi connectivity index (χ1v) is 10.3.